The zero-order valence-corrected chi connectivity index (χ0v) is 15.2. The predicted octanol–water partition coefficient (Wildman–Crippen LogP) is 5.59. The second-order valence-corrected chi connectivity index (χ2v) is 6.97. The predicted molar refractivity (Wildman–Crippen MR) is 104 cm³/mol. The van der Waals surface area contributed by atoms with E-state index in [9.17, 15) is 14.0 Å². The molecule has 0 aliphatic rings. The van der Waals surface area contributed by atoms with E-state index in [0.29, 0.717) is 28.3 Å². The topological polar surface area (TPSA) is 46.2 Å². The highest BCUT2D eigenvalue weighted by atomic mass is 35.5. The number of halogens is 2. The highest BCUT2D eigenvalue weighted by molar-refractivity contribution is 7.14. The highest BCUT2D eigenvalue weighted by Crippen LogP contribution is 2.35. The lowest BCUT2D eigenvalue weighted by molar-refractivity contribution is -0.116. The standard InChI is InChI=1S/C20H15ClFNO2S/c21-15-8-5-14(6-9-15)20-16(11-24)18(12-26-20)23-19(25)10-7-13-3-1-2-4-17(13)22/h1-6,8-9,11-12H,7,10H2,(H,23,25). The van der Waals surface area contributed by atoms with Crippen LogP contribution in [0, 0.1) is 5.82 Å². The molecule has 0 atom stereocenters. The van der Waals surface area contributed by atoms with Gasteiger partial charge >= 0.3 is 0 Å². The van der Waals surface area contributed by atoms with E-state index in [1.165, 1.54) is 17.4 Å². The van der Waals surface area contributed by atoms with Gasteiger partial charge in [-0.2, -0.15) is 0 Å². The van der Waals surface area contributed by atoms with Crippen LogP contribution in [0.2, 0.25) is 5.02 Å². The Hall–Kier alpha value is -2.50. The zero-order chi connectivity index (χ0) is 18.5. The van der Waals surface area contributed by atoms with E-state index in [0.717, 1.165) is 16.7 Å². The van der Waals surface area contributed by atoms with Crippen molar-refractivity contribution in [1.82, 2.24) is 0 Å². The lowest BCUT2D eigenvalue weighted by atomic mass is 10.1. The Labute approximate surface area is 159 Å². The van der Waals surface area contributed by atoms with Gasteiger partial charge in [0.2, 0.25) is 5.91 Å². The molecular weight excluding hydrogens is 373 g/mol. The summed E-state index contributed by atoms with van der Waals surface area (Å²) in [6.45, 7) is 0. The van der Waals surface area contributed by atoms with Crippen molar-refractivity contribution in [2.75, 3.05) is 5.32 Å². The van der Waals surface area contributed by atoms with Gasteiger partial charge in [-0.15, -0.1) is 11.3 Å². The van der Waals surface area contributed by atoms with E-state index < -0.39 is 0 Å². The Morgan fingerprint density at radius 1 is 1.15 bits per heavy atom. The first kappa shape index (κ1) is 18.3. The fraction of sp³-hybridized carbons (Fsp3) is 0.100. The van der Waals surface area contributed by atoms with Crippen LogP contribution in [0.5, 0.6) is 0 Å². The molecule has 0 saturated heterocycles. The van der Waals surface area contributed by atoms with Crippen molar-refractivity contribution >= 4 is 40.8 Å². The number of aldehydes is 1. The number of carbonyl (C=O) groups is 2. The maximum absolute atomic E-state index is 13.6. The first-order valence-electron chi connectivity index (χ1n) is 7.94. The minimum absolute atomic E-state index is 0.130. The van der Waals surface area contributed by atoms with Crippen LogP contribution >= 0.6 is 22.9 Å². The van der Waals surface area contributed by atoms with Gasteiger partial charge < -0.3 is 5.32 Å². The second kappa shape index (κ2) is 8.25. The molecule has 0 spiro atoms. The van der Waals surface area contributed by atoms with Gasteiger partial charge in [0.15, 0.2) is 6.29 Å². The molecule has 3 rings (SSSR count). The van der Waals surface area contributed by atoms with Gasteiger partial charge in [0.1, 0.15) is 5.82 Å². The van der Waals surface area contributed by atoms with Gasteiger partial charge in [-0.25, -0.2) is 4.39 Å². The highest BCUT2D eigenvalue weighted by Gasteiger charge is 2.15. The summed E-state index contributed by atoms with van der Waals surface area (Å²) in [5, 5.41) is 5.09. The van der Waals surface area contributed by atoms with E-state index in [1.54, 1.807) is 35.7 Å². The SMILES string of the molecule is O=Cc1c(NC(=O)CCc2ccccc2F)csc1-c1ccc(Cl)cc1. The summed E-state index contributed by atoms with van der Waals surface area (Å²) in [6.07, 6.45) is 1.15. The number of aryl methyl sites for hydroxylation is 1. The van der Waals surface area contributed by atoms with Crippen LogP contribution in [-0.4, -0.2) is 12.2 Å². The van der Waals surface area contributed by atoms with E-state index in [2.05, 4.69) is 5.32 Å². The van der Waals surface area contributed by atoms with Gasteiger partial charge in [-0.3, -0.25) is 9.59 Å². The third kappa shape index (κ3) is 4.18. The number of rotatable bonds is 6. The van der Waals surface area contributed by atoms with Crippen molar-refractivity contribution in [3.05, 3.63) is 75.9 Å². The summed E-state index contributed by atoms with van der Waals surface area (Å²) >= 11 is 7.26. The molecule has 6 heteroatoms. The molecule has 1 N–H and O–H groups in total. The van der Waals surface area contributed by atoms with Crippen molar-refractivity contribution in [3.8, 4) is 10.4 Å². The minimum Gasteiger partial charge on any atom is -0.325 e. The van der Waals surface area contributed by atoms with Crippen LogP contribution in [0.25, 0.3) is 10.4 Å². The Bertz CT molecular complexity index is 937. The normalized spacial score (nSPS) is 10.5. The molecule has 0 unspecified atom stereocenters. The third-order valence-corrected chi connectivity index (χ3v) is 5.20. The molecule has 3 aromatic rings. The molecular formula is C20H15ClFNO2S. The van der Waals surface area contributed by atoms with E-state index in [-0.39, 0.29) is 18.1 Å². The molecule has 0 fully saturated rings. The molecule has 26 heavy (non-hydrogen) atoms. The van der Waals surface area contributed by atoms with Crippen LogP contribution in [0.3, 0.4) is 0 Å². The molecule has 0 aliphatic carbocycles. The smallest absolute Gasteiger partial charge is 0.224 e. The van der Waals surface area contributed by atoms with Crippen LogP contribution in [-0.2, 0) is 11.2 Å². The first-order chi connectivity index (χ1) is 12.6. The minimum atomic E-state index is -0.325. The average Bonchev–Trinajstić information content (AvgIpc) is 3.04. The number of benzene rings is 2. The van der Waals surface area contributed by atoms with Crippen molar-refractivity contribution in [2.45, 2.75) is 12.8 Å². The average molecular weight is 388 g/mol. The van der Waals surface area contributed by atoms with Crippen LogP contribution in [0.15, 0.2) is 53.9 Å². The third-order valence-electron chi connectivity index (χ3n) is 3.91. The second-order valence-electron chi connectivity index (χ2n) is 5.66. The molecule has 1 amide bonds. The number of hydrogen-bond acceptors (Lipinski definition) is 3. The number of amides is 1. The van der Waals surface area contributed by atoms with Crippen LogP contribution in [0.1, 0.15) is 22.3 Å². The molecule has 2 aromatic carbocycles. The molecule has 0 saturated carbocycles. The Balaban J connectivity index is 1.71. The largest absolute Gasteiger partial charge is 0.325 e. The summed E-state index contributed by atoms with van der Waals surface area (Å²) < 4.78 is 13.6. The Morgan fingerprint density at radius 3 is 2.58 bits per heavy atom. The number of carbonyl (C=O) groups excluding carboxylic acids is 2. The van der Waals surface area contributed by atoms with Gasteiger partial charge in [0, 0.05) is 21.7 Å². The first-order valence-corrected chi connectivity index (χ1v) is 9.20. The molecule has 0 bridgehead atoms. The summed E-state index contributed by atoms with van der Waals surface area (Å²) in [7, 11) is 0. The Kier molecular flexibility index (Phi) is 5.81. The van der Waals surface area contributed by atoms with Crippen molar-refractivity contribution in [3.63, 3.8) is 0 Å². The van der Waals surface area contributed by atoms with Gasteiger partial charge in [-0.05, 0) is 35.7 Å². The zero-order valence-electron chi connectivity index (χ0n) is 13.7. The quantitative estimate of drug-likeness (QED) is 0.560. The van der Waals surface area contributed by atoms with Crippen molar-refractivity contribution < 1.29 is 14.0 Å². The summed E-state index contributed by atoms with van der Waals surface area (Å²) in [5.74, 6) is -0.591. The molecule has 1 heterocycles. The number of hydrogen-bond donors (Lipinski definition) is 1. The lowest BCUT2D eigenvalue weighted by Crippen LogP contribution is -2.13. The fourth-order valence-corrected chi connectivity index (χ4v) is 3.67. The summed E-state index contributed by atoms with van der Waals surface area (Å²) in [5.41, 5.74) is 2.24. The molecule has 3 nitrogen and oxygen atoms in total. The number of anilines is 1. The monoisotopic (exact) mass is 387 g/mol. The number of thiophene rings is 1. The maximum atomic E-state index is 13.6. The van der Waals surface area contributed by atoms with Crippen molar-refractivity contribution in [1.29, 1.82) is 0 Å². The Morgan fingerprint density at radius 2 is 1.88 bits per heavy atom. The molecule has 0 radical (unpaired) electrons. The van der Waals surface area contributed by atoms with Gasteiger partial charge in [0.25, 0.3) is 0 Å². The van der Waals surface area contributed by atoms with Crippen molar-refractivity contribution in [2.24, 2.45) is 0 Å². The lowest BCUT2D eigenvalue weighted by Gasteiger charge is -2.06. The molecule has 1 aromatic heterocycles. The van der Waals surface area contributed by atoms with Gasteiger partial charge in [-0.1, -0.05) is 41.9 Å². The fourth-order valence-electron chi connectivity index (χ4n) is 2.57. The van der Waals surface area contributed by atoms with Crippen LogP contribution in [0.4, 0.5) is 10.1 Å². The summed E-state index contributed by atoms with van der Waals surface area (Å²) in [4.78, 5) is 24.5. The van der Waals surface area contributed by atoms with Crippen LogP contribution < -0.4 is 5.32 Å². The van der Waals surface area contributed by atoms with Gasteiger partial charge in [0.05, 0.1) is 11.3 Å². The van der Waals surface area contributed by atoms with E-state index >= 15 is 0 Å². The van der Waals surface area contributed by atoms with E-state index in [1.807, 2.05) is 12.1 Å². The molecule has 132 valence electrons. The maximum Gasteiger partial charge on any atom is 0.224 e. The summed E-state index contributed by atoms with van der Waals surface area (Å²) in [6, 6.07) is 13.5. The van der Waals surface area contributed by atoms with E-state index in [4.69, 9.17) is 11.6 Å². The number of nitrogens with one attached hydrogen (secondary N) is 1. The molecule has 0 aliphatic heterocycles.